The average Bonchev–Trinajstić information content (AvgIpc) is 2.84. The van der Waals surface area contributed by atoms with Gasteiger partial charge in [-0.05, 0) is 18.2 Å². The average molecular weight is 393 g/mol. The Morgan fingerprint density at radius 2 is 1.96 bits per heavy atom. The van der Waals surface area contributed by atoms with Crippen LogP contribution in [0.5, 0.6) is 5.75 Å². The van der Waals surface area contributed by atoms with Crippen molar-refractivity contribution in [1.82, 2.24) is 9.80 Å². The van der Waals surface area contributed by atoms with Crippen LogP contribution in [0.3, 0.4) is 0 Å². The maximum atomic E-state index is 13.2. The lowest BCUT2D eigenvalue weighted by atomic mass is 9.99. The fourth-order valence-corrected chi connectivity index (χ4v) is 3.73. The number of ether oxygens (including phenoxy) is 1. The summed E-state index contributed by atoms with van der Waals surface area (Å²) >= 11 is 0. The van der Waals surface area contributed by atoms with Gasteiger partial charge in [0.15, 0.2) is 0 Å². The molecular formula is C20H22F3N3O2. The standard InChI is InChI=1S/C20H22F3N3O2/c21-20(22,23)14-5-6-18-16(13-14)24-19(15-3-1-2-4-17(15)28-18)26-9-7-25(8-10-26)11-12-27/h1-3,5-6,13,17,27H,4,7-12H2. The summed E-state index contributed by atoms with van der Waals surface area (Å²) in [6, 6.07) is 3.46. The summed E-state index contributed by atoms with van der Waals surface area (Å²) in [6.45, 7) is 3.66. The van der Waals surface area contributed by atoms with Crippen LogP contribution >= 0.6 is 0 Å². The van der Waals surface area contributed by atoms with Crippen molar-refractivity contribution in [3.63, 3.8) is 0 Å². The maximum Gasteiger partial charge on any atom is 0.416 e. The number of halogens is 3. The quantitative estimate of drug-likeness (QED) is 0.839. The first-order valence-corrected chi connectivity index (χ1v) is 9.37. The molecule has 1 aromatic rings. The molecule has 1 atom stereocenters. The number of amidine groups is 1. The van der Waals surface area contributed by atoms with Crippen molar-refractivity contribution in [2.45, 2.75) is 18.7 Å². The number of aliphatic hydroxyl groups excluding tert-OH is 1. The zero-order chi connectivity index (χ0) is 19.7. The number of aliphatic hydroxyl groups is 1. The Kier molecular flexibility index (Phi) is 5.16. The van der Waals surface area contributed by atoms with E-state index in [4.69, 9.17) is 9.84 Å². The van der Waals surface area contributed by atoms with Crippen molar-refractivity contribution >= 4 is 11.5 Å². The molecule has 1 N–H and O–H groups in total. The molecule has 0 aromatic heterocycles. The Hall–Kier alpha value is -2.32. The highest BCUT2D eigenvalue weighted by atomic mass is 19.4. The van der Waals surface area contributed by atoms with E-state index in [1.807, 2.05) is 18.2 Å². The van der Waals surface area contributed by atoms with Crippen LogP contribution < -0.4 is 4.74 Å². The molecule has 1 aliphatic carbocycles. The van der Waals surface area contributed by atoms with E-state index in [1.165, 1.54) is 6.07 Å². The summed E-state index contributed by atoms with van der Waals surface area (Å²) in [5, 5.41) is 9.12. The highest BCUT2D eigenvalue weighted by Gasteiger charge is 2.34. The molecule has 150 valence electrons. The number of aliphatic imine (C=N–C) groups is 1. The van der Waals surface area contributed by atoms with Crippen LogP contribution in [0.15, 0.2) is 47.0 Å². The van der Waals surface area contributed by atoms with Gasteiger partial charge in [0.1, 0.15) is 23.4 Å². The monoisotopic (exact) mass is 393 g/mol. The van der Waals surface area contributed by atoms with E-state index >= 15 is 0 Å². The first-order valence-electron chi connectivity index (χ1n) is 9.37. The van der Waals surface area contributed by atoms with Gasteiger partial charge in [-0.15, -0.1) is 0 Å². The maximum absolute atomic E-state index is 13.2. The molecule has 2 heterocycles. The third-order valence-corrected chi connectivity index (χ3v) is 5.24. The number of piperazine rings is 1. The van der Waals surface area contributed by atoms with E-state index in [9.17, 15) is 13.2 Å². The number of fused-ring (bicyclic) bond motifs is 2. The summed E-state index contributed by atoms with van der Waals surface area (Å²) in [5.74, 6) is 1.05. The van der Waals surface area contributed by atoms with Crippen molar-refractivity contribution in [2.24, 2.45) is 4.99 Å². The molecule has 1 fully saturated rings. The highest BCUT2D eigenvalue weighted by molar-refractivity contribution is 6.02. The second-order valence-electron chi connectivity index (χ2n) is 7.06. The Bertz CT molecular complexity index is 824. The van der Waals surface area contributed by atoms with Gasteiger partial charge < -0.3 is 14.7 Å². The topological polar surface area (TPSA) is 48.3 Å². The number of rotatable bonds is 2. The van der Waals surface area contributed by atoms with Crippen molar-refractivity contribution in [1.29, 1.82) is 0 Å². The van der Waals surface area contributed by atoms with Crippen LogP contribution in [0.25, 0.3) is 0 Å². The molecule has 8 heteroatoms. The largest absolute Gasteiger partial charge is 0.483 e. The van der Waals surface area contributed by atoms with Crippen LogP contribution in [0.2, 0.25) is 0 Å². The Morgan fingerprint density at radius 1 is 1.18 bits per heavy atom. The lowest BCUT2D eigenvalue weighted by Gasteiger charge is -2.37. The van der Waals surface area contributed by atoms with E-state index in [0.29, 0.717) is 37.6 Å². The lowest BCUT2D eigenvalue weighted by molar-refractivity contribution is -0.137. The predicted molar refractivity (Wildman–Crippen MR) is 99.9 cm³/mol. The lowest BCUT2D eigenvalue weighted by Crippen LogP contribution is -2.50. The van der Waals surface area contributed by atoms with Gasteiger partial charge in [-0.2, -0.15) is 13.2 Å². The van der Waals surface area contributed by atoms with Crippen molar-refractivity contribution in [3.05, 3.63) is 47.6 Å². The molecule has 1 saturated heterocycles. The number of nitrogens with zero attached hydrogens (tertiary/aromatic N) is 3. The van der Waals surface area contributed by atoms with E-state index < -0.39 is 11.7 Å². The molecular weight excluding hydrogens is 371 g/mol. The minimum atomic E-state index is -4.43. The fraction of sp³-hybridized carbons (Fsp3) is 0.450. The van der Waals surface area contributed by atoms with Crippen LogP contribution in [0.1, 0.15) is 12.0 Å². The van der Waals surface area contributed by atoms with Crippen molar-refractivity contribution in [2.75, 3.05) is 39.3 Å². The van der Waals surface area contributed by atoms with Gasteiger partial charge in [0, 0.05) is 44.7 Å². The molecule has 1 aromatic carbocycles. The van der Waals surface area contributed by atoms with Gasteiger partial charge in [-0.3, -0.25) is 4.90 Å². The van der Waals surface area contributed by atoms with Gasteiger partial charge in [-0.1, -0.05) is 18.2 Å². The van der Waals surface area contributed by atoms with E-state index in [-0.39, 0.29) is 18.4 Å². The van der Waals surface area contributed by atoms with Gasteiger partial charge in [0.05, 0.1) is 12.2 Å². The summed E-state index contributed by atoms with van der Waals surface area (Å²) in [7, 11) is 0. The van der Waals surface area contributed by atoms with E-state index in [0.717, 1.165) is 30.8 Å². The number of alkyl halides is 3. The molecule has 0 radical (unpaired) electrons. The molecule has 28 heavy (non-hydrogen) atoms. The second-order valence-corrected chi connectivity index (χ2v) is 7.06. The number of allylic oxidation sites excluding steroid dienone is 2. The number of hydrogen-bond donors (Lipinski definition) is 1. The first kappa shape index (κ1) is 19.0. The third kappa shape index (κ3) is 3.79. The number of hydrogen-bond acceptors (Lipinski definition) is 5. The normalized spacial score (nSPS) is 22.6. The molecule has 0 spiro atoms. The Labute approximate surface area is 161 Å². The summed E-state index contributed by atoms with van der Waals surface area (Å²) in [6.07, 6.45) is 1.81. The summed E-state index contributed by atoms with van der Waals surface area (Å²) in [4.78, 5) is 8.90. The van der Waals surface area contributed by atoms with E-state index in [1.54, 1.807) is 0 Å². The van der Waals surface area contributed by atoms with Gasteiger partial charge in [0.25, 0.3) is 0 Å². The van der Waals surface area contributed by atoms with Crippen LogP contribution in [-0.4, -0.2) is 66.2 Å². The molecule has 1 unspecified atom stereocenters. The van der Waals surface area contributed by atoms with Gasteiger partial charge in [-0.25, -0.2) is 4.99 Å². The zero-order valence-electron chi connectivity index (χ0n) is 15.3. The van der Waals surface area contributed by atoms with Crippen molar-refractivity contribution < 1.29 is 23.0 Å². The predicted octanol–water partition coefficient (Wildman–Crippen LogP) is 2.99. The summed E-state index contributed by atoms with van der Waals surface area (Å²) < 4.78 is 45.6. The minimum absolute atomic E-state index is 0.112. The molecule has 0 bridgehead atoms. The highest BCUT2D eigenvalue weighted by Crippen LogP contribution is 2.40. The minimum Gasteiger partial charge on any atom is -0.483 e. The molecule has 0 amide bonds. The fourth-order valence-electron chi connectivity index (χ4n) is 3.73. The second kappa shape index (κ2) is 7.60. The Balaban J connectivity index is 1.70. The summed E-state index contributed by atoms with van der Waals surface area (Å²) in [5.41, 5.74) is 0.364. The molecule has 5 nitrogen and oxygen atoms in total. The smallest absolute Gasteiger partial charge is 0.416 e. The van der Waals surface area contributed by atoms with Gasteiger partial charge >= 0.3 is 6.18 Å². The van der Waals surface area contributed by atoms with E-state index in [2.05, 4.69) is 14.8 Å². The SMILES string of the molecule is OCCN1CCN(C2=Nc3cc(C(F)(F)F)ccc3OC3CC=CC=C23)CC1. The molecule has 4 rings (SSSR count). The third-order valence-electron chi connectivity index (χ3n) is 5.24. The van der Waals surface area contributed by atoms with Crippen LogP contribution in [0.4, 0.5) is 18.9 Å². The van der Waals surface area contributed by atoms with Crippen molar-refractivity contribution in [3.8, 4) is 5.75 Å². The molecule has 0 saturated carbocycles. The number of β-amino-alcohol motifs (C(OH)–C–C–N with tert-alkyl or cyclic N) is 1. The van der Waals surface area contributed by atoms with Crippen LogP contribution in [0, 0.1) is 0 Å². The van der Waals surface area contributed by atoms with Gasteiger partial charge in [0.2, 0.25) is 0 Å². The van der Waals surface area contributed by atoms with Crippen LogP contribution in [-0.2, 0) is 6.18 Å². The molecule has 3 aliphatic rings. The molecule has 2 aliphatic heterocycles. The number of benzene rings is 1. The zero-order valence-corrected chi connectivity index (χ0v) is 15.3. The first-order chi connectivity index (χ1) is 13.5. The Morgan fingerprint density at radius 3 is 2.68 bits per heavy atom.